The van der Waals surface area contributed by atoms with Gasteiger partial charge in [0.2, 0.25) is 0 Å². The summed E-state index contributed by atoms with van der Waals surface area (Å²) in [6, 6.07) is 5.83. The molecule has 2 rings (SSSR count). The highest BCUT2D eigenvalue weighted by Gasteiger charge is 2.36. The number of nitro groups is 1. The maximum absolute atomic E-state index is 12.2. The van der Waals surface area contributed by atoms with Crippen molar-refractivity contribution >= 4 is 11.6 Å². The van der Waals surface area contributed by atoms with Crippen LogP contribution in [0.15, 0.2) is 24.3 Å². The van der Waals surface area contributed by atoms with Crippen LogP contribution in [0.1, 0.15) is 36.0 Å². The lowest BCUT2D eigenvalue weighted by molar-refractivity contribution is -0.385. The summed E-state index contributed by atoms with van der Waals surface area (Å²) in [5, 5.41) is 23.1. The molecule has 1 aromatic carbocycles. The highest BCUT2D eigenvalue weighted by atomic mass is 16.6. The first-order valence-electron chi connectivity index (χ1n) is 6.25. The van der Waals surface area contributed by atoms with Crippen LogP contribution in [0.5, 0.6) is 0 Å². The molecular formula is C13H16N2O4. The first kappa shape index (κ1) is 13.5. The summed E-state index contributed by atoms with van der Waals surface area (Å²) in [6.45, 7) is -0.140. The van der Waals surface area contributed by atoms with E-state index in [1.54, 1.807) is 6.07 Å². The Morgan fingerprint density at radius 2 is 2.00 bits per heavy atom. The van der Waals surface area contributed by atoms with Gasteiger partial charge in [0, 0.05) is 6.07 Å². The van der Waals surface area contributed by atoms with Crippen LogP contribution in [0, 0.1) is 10.1 Å². The zero-order valence-corrected chi connectivity index (χ0v) is 10.5. The molecule has 1 aliphatic rings. The molecule has 1 aliphatic carbocycles. The molecule has 0 heterocycles. The number of nitrogens with zero attached hydrogens (tertiary/aromatic N) is 1. The van der Waals surface area contributed by atoms with Gasteiger partial charge in [-0.2, -0.15) is 0 Å². The van der Waals surface area contributed by atoms with Crippen LogP contribution < -0.4 is 5.32 Å². The minimum absolute atomic E-state index is 0.0345. The number of para-hydroxylation sites is 1. The number of benzene rings is 1. The van der Waals surface area contributed by atoms with Crippen LogP contribution in [0.4, 0.5) is 5.69 Å². The molecule has 19 heavy (non-hydrogen) atoms. The summed E-state index contributed by atoms with van der Waals surface area (Å²) in [5.74, 6) is -0.497. The fourth-order valence-corrected chi connectivity index (χ4v) is 2.51. The lowest BCUT2D eigenvalue weighted by atomic mass is 9.98. The standard InChI is InChI=1S/C13H16N2O4/c16-9-13(7-3-4-8-13)14-12(17)10-5-1-2-6-11(10)15(18)19/h1-2,5-6,16H,3-4,7-9H2,(H,14,17). The van der Waals surface area contributed by atoms with E-state index in [0.29, 0.717) is 12.8 Å². The van der Waals surface area contributed by atoms with Crippen molar-refractivity contribution in [2.24, 2.45) is 0 Å². The molecule has 0 aromatic heterocycles. The highest BCUT2D eigenvalue weighted by molar-refractivity contribution is 5.98. The molecule has 0 spiro atoms. The zero-order chi connectivity index (χ0) is 13.9. The van der Waals surface area contributed by atoms with E-state index in [4.69, 9.17) is 0 Å². The van der Waals surface area contributed by atoms with Gasteiger partial charge in [0.05, 0.1) is 17.1 Å². The Bertz CT molecular complexity index is 495. The van der Waals surface area contributed by atoms with Crippen molar-refractivity contribution in [2.75, 3.05) is 6.61 Å². The minimum Gasteiger partial charge on any atom is -0.394 e. The molecule has 6 nitrogen and oxygen atoms in total. The smallest absolute Gasteiger partial charge is 0.282 e. The molecule has 1 aromatic rings. The van der Waals surface area contributed by atoms with Crippen LogP contribution in [0.3, 0.4) is 0 Å². The van der Waals surface area contributed by atoms with Gasteiger partial charge in [-0.25, -0.2) is 0 Å². The van der Waals surface area contributed by atoms with Crippen molar-refractivity contribution in [2.45, 2.75) is 31.2 Å². The van der Waals surface area contributed by atoms with Crippen molar-refractivity contribution in [3.05, 3.63) is 39.9 Å². The molecule has 0 bridgehead atoms. The van der Waals surface area contributed by atoms with Crippen molar-refractivity contribution in [1.29, 1.82) is 0 Å². The average Bonchev–Trinajstić information content (AvgIpc) is 2.87. The molecule has 0 radical (unpaired) electrons. The molecule has 0 unspecified atom stereocenters. The van der Waals surface area contributed by atoms with E-state index in [1.807, 2.05) is 0 Å². The number of aliphatic hydroxyl groups is 1. The van der Waals surface area contributed by atoms with Gasteiger partial charge in [0.15, 0.2) is 0 Å². The second-order valence-corrected chi connectivity index (χ2v) is 4.87. The highest BCUT2D eigenvalue weighted by Crippen LogP contribution is 2.30. The van der Waals surface area contributed by atoms with Crippen LogP contribution in [-0.2, 0) is 0 Å². The summed E-state index contributed by atoms with van der Waals surface area (Å²) in [4.78, 5) is 22.5. The van der Waals surface area contributed by atoms with Gasteiger partial charge in [-0.15, -0.1) is 0 Å². The number of hydrogen-bond donors (Lipinski definition) is 2. The Hall–Kier alpha value is -1.95. The maximum atomic E-state index is 12.2. The molecule has 1 amide bonds. The Morgan fingerprint density at radius 3 is 2.58 bits per heavy atom. The molecule has 1 fully saturated rings. The Labute approximate surface area is 110 Å². The predicted octanol–water partition coefficient (Wildman–Crippen LogP) is 1.63. The second kappa shape index (κ2) is 5.36. The summed E-state index contributed by atoms with van der Waals surface area (Å²) in [7, 11) is 0. The van der Waals surface area contributed by atoms with Gasteiger partial charge >= 0.3 is 0 Å². The normalized spacial score (nSPS) is 17.1. The van der Waals surface area contributed by atoms with Crippen molar-refractivity contribution < 1.29 is 14.8 Å². The molecule has 1 saturated carbocycles. The molecular weight excluding hydrogens is 248 g/mol. The quantitative estimate of drug-likeness (QED) is 0.638. The van der Waals surface area contributed by atoms with Gasteiger partial charge < -0.3 is 10.4 Å². The van der Waals surface area contributed by atoms with E-state index in [-0.39, 0.29) is 17.9 Å². The van der Waals surface area contributed by atoms with Gasteiger partial charge in [-0.3, -0.25) is 14.9 Å². The fraction of sp³-hybridized carbons (Fsp3) is 0.462. The van der Waals surface area contributed by atoms with E-state index in [2.05, 4.69) is 5.32 Å². The fourth-order valence-electron chi connectivity index (χ4n) is 2.51. The Kier molecular flexibility index (Phi) is 3.80. The number of carbonyl (C=O) groups excluding carboxylic acids is 1. The molecule has 0 atom stereocenters. The number of hydrogen-bond acceptors (Lipinski definition) is 4. The topological polar surface area (TPSA) is 92.5 Å². The lowest BCUT2D eigenvalue weighted by Gasteiger charge is -2.27. The lowest BCUT2D eigenvalue weighted by Crippen LogP contribution is -2.49. The third kappa shape index (κ3) is 2.73. The van der Waals surface area contributed by atoms with E-state index < -0.39 is 16.4 Å². The van der Waals surface area contributed by atoms with Crippen LogP contribution in [0.25, 0.3) is 0 Å². The third-order valence-corrected chi connectivity index (χ3v) is 3.59. The van der Waals surface area contributed by atoms with E-state index >= 15 is 0 Å². The number of nitrogens with one attached hydrogen (secondary N) is 1. The van der Waals surface area contributed by atoms with Crippen LogP contribution in [0.2, 0.25) is 0 Å². The van der Waals surface area contributed by atoms with E-state index in [9.17, 15) is 20.0 Å². The first-order chi connectivity index (χ1) is 9.08. The van der Waals surface area contributed by atoms with Crippen LogP contribution in [-0.4, -0.2) is 28.1 Å². The average molecular weight is 264 g/mol. The van der Waals surface area contributed by atoms with Crippen molar-refractivity contribution in [1.82, 2.24) is 5.32 Å². The number of rotatable bonds is 4. The molecule has 0 aliphatic heterocycles. The van der Waals surface area contributed by atoms with Gasteiger partial charge in [0.25, 0.3) is 11.6 Å². The second-order valence-electron chi connectivity index (χ2n) is 4.87. The van der Waals surface area contributed by atoms with Gasteiger partial charge in [0.1, 0.15) is 5.56 Å². The third-order valence-electron chi connectivity index (χ3n) is 3.59. The SMILES string of the molecule is O=C(NC1(CO)CCCC1)c1ccccc1[N+](=O)[O-]. The van der Waals surface area contributed by atoms with E-state index in [0.717, 1.165) is 12.8 Å². The first-order valence-corrected chi connectivity index (χ1v) is 6.25. The number of amides is 1. The Morgan fingerprint density at radius 1 is 1.37 bits per heavy atom. The number of carbonyl (C=O) groups is 1. The van der Waals surface area contributed by atoms with Crippen molar-refractivity contribution in [3.8, 4) is 0 Å². The van der Waals surface area contributed by atoms with Gasteiger partial charge in [-0.1, -0.05) is 25.0 Å². The number of nitro benzene ring substituents is 1. The van der Waals surface area contributed by atoms with Crippen molar-refractivity contribution in [3.63, 3.8) is 0 Å². The Balaban J connectivity index is 2.23. The summed E-state index contributed by atoms with van der Waals surface area (Å²) >= 11 is 0. The molecule has 0 saturated heterocycles. The maximum Gasteiger partial charge on any atom is 0.282 e. The minimum atomic E-state index is -0.624. The summed E-state index contributed by atoms with van der Waals surface area (Å²) < 4.78 is 0. The zero-order valence-electron chi connectivity index (χ0n) is 10.5. The largest absolute Gasteiger partial charge is 0.394 e. The monoisotopic (exact) mass is 264 g/mol. The van der Waals surface area contributed by atoms with E-state index in [1.165, 1.54) is 18.2 Å². The molecule has 102 valence electrons. The molecule has 2 N–H and O–H groups in total. The van der Waals surface area contributed by atoms with Crippen LogP contribution >= 0.6 is 0 Å². The number of aliphatic hydroxyl groups excluding tert-OH is 1. The molecule has 6 heteroatoms. The predicted molar refractivity (Wildman–Crippen MR) is 68.8 cm³/mol. The summed E-state index contributed by atoms with van der Waals surface area (Å²) in [5.41, 5.74) is -0.806. The van der Waals surface area contributed by atoms with Gasteiger partial charge in [-0.05, 0) is 18.9 Å². The summed E-state index contributed by atoms with van der Waals surface area (Å²) in [6.07, 6.45) is 3.29.